The molecule has 0 saturated carbocycles. The van der Waals surface area contributed by atoms with Gasteiger partial charge in [-0.3, -0.25) is 4.79 Å². The Kier molecular flexibility index (Phi) is 5.60. The maximum atomic E-state index is 12.5. The van der Waals surface area contributed by atoms with Crippen LogP contribution in [0.2, 0.25) is 0 Å². The largest absolute Gasteiger partial charge is 0.316 e. The molecule has 2 saturated heterocycles. The van der Waals surface area contributed by atoms with Crippen molar-refractivity contribution in [3.8, 4) is 0 Å². The molecule has 0 N–H and O–H groups in total. The lowest BCUT2D eigenvalue weighted by molar-refractivity contribution is -0.121. The Balaban J connectivity index is 1.99. The van der Waals surface area contributed by atoms with Gasteiger partial charge >= 0.3 is 0 Å². The summed E-state index contributed by atoms with van der Waals surface area (Å²) >= 11 is 4.88. The van der Waals surface area contributed by atoms with Gasteiger partial charge in [0.15, 0.2) is 15.0 Å². The van der Waals surface area contributed by atoms with Crippen LogP contribution >= 0.6 is 27.7 Å². The fourth-order valence-corrected chi connectivity index (χ4v) is 7.62. The third kappa shape index (κ3) is 3.95. The third-order valence-electron chi connectivity index (χ3n) is 4.69. The second kappa shape index (κ2) is 7.40. The molecular weight excluding hydrogens is 424 g/mol. The highest BCUT2D eigenvalue weighted by molar-refractivity contribution is 9.10. The summed E-state index contributed by atoms with van der Waals surface area (Å²) in [6, 6.07) is 7.52. The second-order valence-electron chi connectivity index (χ2n) is 6.40. The fraction of sp³-hybridized carbons (Fsp3) is 0.529. The molecule has 8 heteroatoms. The van der Waals surface area contributed by atoms with Crippen molar-refractivity contribution in [3.63, 3.8) is 0 Å². The van der Waals surface area contributed by atoms with Crippen LogP contribution in [0.15, 0.2) is 33.7 Å². The zero-order valence-electron chi connectivity index (χ0n) is 14.2. The predicted octanol–water partition coefficient (Wildman–Crippen LogP) is 3.49. The normalized spacial score (nSPS) is 26.4. The van der Waals surface area contributed by atoms with Crippen LogP contribution in [0.5, 0.6) is 0 Å². The predicted molar refractivity (Wildman–Crippen MR) is 107 cm³/mol. The van der Waals surface area contributed by atoms with Gasteiger partial charge in [-0.1, -0.05) is 47.6 Å². The number of aliphatic imine (C=N–C) groups is 1. The number of rotatable bonds is 4. The van der Waals surface area contributed by atoms with E-state index in [4.69, 9.17) is 0 Å². The van der Waals surface area contributed by atoms with E-state index in [0.717, 1.165) is 23.0 Å². The standard InChI is InChI=1S/C17H21BrN2O3S2/c1-3-11(4-2)16(21)19-17-20(13-7-5-6-12(18)8-13)14-9-25(22,23)10-15(14)24-17/h5-8,11,14-15H,3-4,9-10H2,1-2H3. The quantitative estimate of drug-likeness (QED) is 0.710. The lowest BCUT2D eigenvalue weighted by Gasteiger charge is -2.25. The number of anilines is 1. The van der Waals surface area contributed by atoms with E-state index in [1.165, 1.54) is 11.8 Å². The molecule has 2 aliphatic heterocycles. The van der Waals surface area contributed by atoms with Gasteiger partial charge in [-0.2, -0.15) is 4.99 Å². The van der Waals surface area contributed by atoms with Gasteiger partial charge in [-0.15, -0.1) is 0 Å². The van der Waals surface area contributed by atoms with Crippen molar-refractivity contribution < 1.29 is 13.2 Å². The number of halogens is 1. The number of carbonyl (C=O) groups excluding carboxylic acids is 1. The van der Waals surface area contributed by atoms with Crippen LogP contribution in [-0.4, -0.2) is 42.3 Å². The molecule has 2 fully saturated rings. The first-order valence-corrected chi connectivity index (χ1v) is 11.9. The minimum atomic E-state index is -3.05. The molecule has 25 heavy (non-hydrogen) atoms. The lowest BCUT2D eigenvalue weighted by Crippen LogP contribution is -2.37. The molecule has 136 valence electrons. The maximum absolute atomic E-state index is 12.5. The summed E-state index contributed by atoms with van der Waals surface area (Å²) in [6.07, 6.45) is 1.52. The highest BCUT2D eigenvalue weighted by Crippen LogP contribution is 2.41. The summed E-state index contributed by atoms with van der Waals surface area (Å²) in [5.41, 5.74) is 0.863. The highest BCUT2D eigenvalue weighted by Gasteiger charge is 2.49. The van der Waals surface area contributed by atoms with E-state index in [0.29, 0.717) is 5.17 Å². The van der Waals surface area contributed by atoms with Gasteiger partial charge in [-0.05, 0) is 31.0 Å². The Labute approximate surface area is 161 Å². The van der Waals surface area contributed by atoms with Crippen molar-refractivity contribution in [2.24, 2.45) is 10.9 Å². The fourth-order valence-electron chi connectivity index (χ4n) is 3.32. The van der Waals surface area contributed by atoms with E-state index >= 15 is 0 Å². The van der Waals surface area contributed by atoms with Crippen LogP contribution < -0.4 is 4.90 Å². The van der Waals surface area contributed by atoms with Gasteiger partial charge in [0.05, 0.1) is 17.5 Å². The van der Waals surface area contributed by atoms with Crippen LogP contribution in [0.1, 0.15) is 26.7 Å². The first kappa shape index (κ1) is 18.9. The molecular formula is C17H21BrN2O3S2. The number of amides is 1. The molecule has 1 aromatic carbocycles. The van der Waals surface area contributed by atoms with Gasteiger partial charge < -0.3 is 4.90 Å². The molecule has 2 aliphatic rings. The average Bonchev–Trinajstić information content (AvgIpc) is 2.99. The summed E-state index contributed by atoms with van der Waals surface area (Å²) in [6.45, 7) is 3.98. The first-order valence-electron chi connectivity index (χ1n) is 8.39. The van der Waals surface area contributed by atoms with Gasteiger partial charge in [0, 0.05) is 21.3 Å². The monoisotopic (exact) mass is 444 g/mol. The molecule has 2 atom stereocenters. The van der Waals surface area contributed by atoms with E-state index < -0.39 is 9.84 Å². The van der Waals surface area contributed by atoms with Crippen molar-refractivity contribution >= 4 is 54.3 Å². The van der Waals surface area contributed by atoms with Gasteiger partial charge in [0.2, 0.25) is 0 Å². The van der Waals surface area contributed by atoms with Crippen molar-refractivity contribution in [3.05, 3.63) is 28.7 Å². The van der Waals surface area contributed by atoms with Crippen molar-refractivity contribution in [2.75, 3.05) is 16.4 Å². The van der Waals surface area contributed by atoms with Crippen LogP contribution in [-0.2, 0) is 14.6 Å². The summed E-state index contributed by atoms with van der Waals surface area (Å²) in [4.78, 5) is 18.8. The summed E-state index contributed by atoms with van der Waals surface area (Å²) in [5, 5.41) is 0.553. The topological polar surface area (TPSA) is 66.8 Å². The highest BCUT2D eigenvalue weighted by atomic mass is 79.9. The zero-order chi connectivity index (χ0) is 18.2. The molecule has 0 aliphatic carbocycles. The molecule has 2 unspecified atom stereocenters. The molecule has 0 bridgehead atoms. The number of thioether (sulfide) groups is 1. The molecule has 5 nitrogen and oxygen atoms in total. The minimum absolute atomic E-state index is 0.0720. The smallest absolute Gasteiger partial charge is 0.251 e. The van der Waals surface area contributed by atoms with Crippen LogP contribution in [0.4, 0.5) is 5.69 Å². The Morgan fingerprint density at radius 1 is 1.36 bits per heavy atom. The minimum Gasteiger partial charge on any atom is -0.316 e. The van der Waals surface area contributed by atoms with Crippen molar-refractivity contribution in [1.29, 1.82) is 0 Å². The van der Waals surface area contributed by atoms with Crippen LogP contribution in [0.25, 0.3) is 0 Å². The van der Waals surface area contributed by atoms with E-state index in [1.54, 1.807) is 0 Å². The lowest BCUT2D eigenvalue weighted by atomic mass is 10.0. The molecule has 1 amide bonds. The van der Waals surface area contributed by atoms with Gasteiger partial charge in [0.1, 0.15) is 0 Å². The second-order valence-corrected chi connectivity index (χ2v) is 10.7. The van der Waals surface area contributed by atoms with Crippen LogP contribution in [0.3, 0.4) is 0 Å². The zero-order valence-corrected chi connectivity index (χ0v) is 17.4. The Hall–Kier alpha value is -0.860. The number of hydrogen-bond acceptors (Lipinski definition) is 4. The molecule has 1 aromatic rings. The number of benzene rings is 1. The van der Waals surface area contributed by atoms with Crippen molar-refractivity contribution in [1.82, 2.24) is 0 Å². The van der Waals surface area contributed by atoms with E-state index in [9.17, 15) is 13.2 Å². The molecule has 2 heterocycles. The van der Waals surface area contributed by atoms with Gasteiger partial charge in [0.25, 0.3) is 5.91 Å². The molecule has 0 radical (unpaired) electrons. The Morgan fingerprint density at radius 2 is 2.08 bits per heavy atom. The number of nitrogens with zero attached hydrogens (tertiary/aromatic N) is 2. The summed E-state index contributed by atoms with van der Waals surface area (Å²) < 4.78 is 25.0. The summed E-state index contributed by atoms with van der Waals surface area (Å²) in [5.74, 6) is 0.0531. The van der Waals surface area contributed by atoms with E-state index in [1.807, 2.05) is 43.0 Å². The van der Waals surface area contributed by atoms with Gasteiger partial charge in [-0.25, -0.2) is 8.42 Å². The Morgan fingerprint density at radius 3 is 2.72 bits per heavy atom. The number of hydrogen-bond donors (Lipinski definition) is 0. The van der Waals surface area contributed by atoms with E-state index in [-0.39, 0.29) is 34.6 Å². The first-order chi connectivity index (χ1) is 11.8. The van der Waals surface area contributed by atoms with Crippen molar-refractivity contribution in [2.45, 2.75) is 38.0 Å². The summed E-state index contributed by atoms with van der Waals surface area (Å²) in [7, 11) is -3.05. The van der Waals surface area contributed by atoms with E-state index in [2.05, 4.69) is 20.9 Å². The number of fused-ring (bicyclic) bond motifs is 1. The third-order valence-corrected chi connectivity index (χ3v) is 8.40. The molecule has 0 aromatic heterocycles. The molecule has 0 spiro atoms. The average molecular weight is 445 g/mol. The number of sulfone groups is 1. The maximum Gasteiger partial charge on any atom is 0.251 e. The number of amidine groups is 1. The Bertz CT molecular complexity index is 806. The SMILES string of the molecule is CCC(CC)C(=O)N=C1SC2CS(=O)(=O)CC2N1c1cccc(Br)c1. The number of carbonyl (C=O) groups is 1. The van der Waals surface area contributed by atoms with Crippen LogP contribution in [0, 0.1) is 5.92 Å². The molecule has 3 rings (SSSR count).